The molecule has 1 atom stereocenters. The molecule has 1 aromatic heterocycles. The van der Waals surface area contributed by atoms with Crippen LogP contribution in [0.5, 0.6) is 0 Å². The molecule has 3 rings (SSSR count). The summed E-state index contributed by atoms with van der Waals surface area (Å²) in [7, 11) is 1.67. The van der Waals surface area contributed by atoms with Crippen molar-refractivity contribution in [2.75, 3.05) is 11.9 Å². The van der Waals surface area contributed by atoms with Crippen LogP contribution in [-0.4, -0.2) is 22.5 Å². The van der Waals surface area contributed by atoms with Crippen LogP contribution in [0.1, 0.15) is 29.0 Å². The number of nitrogens with zero attached hydrogens (tertiary/aromatic N) is 3. The molecule has 0 aliphatic heterocycles. The predicted molar refractivity (Wildman–Crippen MR) is 91.6 cm³/mol. The number of benzene rings is 2. The molecule has 24 heavy (non-hydrogen) atoms. The second-order valence-electron chi connectivity index (χ2n) is 5.61. The van der Waals surface area contributed by atoms with Crippen LogP contribution in [0.15, 0.2) is 67.1 Å². The lowest BCUT2D eigenvalue weighted by Gasteiger charge is -2.21. The van der Waals surface area contributed by atoms with E-state index in [9.17, 15) is 9.18 Å². The lowest BCUT2D eigenvalue weighted by Crippen LogP contribution is -2.29. The van der Waals surface area contributed by atoms with Crippen LogP contribution < -0.4 is 4.90 Å². The van der Waals surface area contributed by atoms with E-state index in [-0.39, 0.29) is 17.8 Å². The number of carbonyl (C=O) groups is 1. The van der Waals surface area contributed by atoms with Gasteiger partial charge in [-0.05, 0) is 36.8 Å². The Hall–Kier alpha value is -2.95. The SMILES string of the molecule is C[C@H](c1ccccc1)n1cncc1C(=O)N(C)c1ccc(F)cc1. The maximum Gasteiger partial charge on any atom is 0.276 e. The predicted octanol–water partition coefficient (Wildman–Crippen LogP) is 3.91. The number of aromatic nitrogens is 2. The third kappa shape index (κ3) is 3.06. The van der Waals surface area contributed by atoms with Gasteiger partial charge in [0.25, 0.3) is 5.91 Å². The monoisotopic (exact) mass is 323 g/mol. The second-order valence-corrected chi connectivity index (χ2v) is 5.61. The molecule has 1 amide bonds. The summed E-state index contributed by atoms with van der Waals surface area (Å²) in [6, 6.07) is 15.7. The number of hydrogen-bond acceptors (Lipinski definition) is 2. The van der Waals surface area contributed by atoms with Crippen molar-refractivity contribution in [3.63, 3.8) is 0 Å². The smallest absolute Gasteiger partial charge is 0.276 e. The fraction of sp³-hybridized carbons (Fsp3) is 0.158. The number of hydrogen-bond donors (Lipinski definition) is 0. The van der Waals surface area contributed by atoms with Crippen molar-refractivity contribution in [1.82, 2.24) is 9.55 Å². The number of halogens is 1. The summed E-state index contributed by atoms with van der Waals surface area (Å²) in [5.74, 6) is -0.524. The van der Waals surface area contributed by atoms with E-state index < -0.39 is 0 Å². The van der Waals surface area contributed by atoms with E-state index >= 15 is 0 Å². The Kier molecular flexibility index (Phi) is 4.42. The Bertz CT molecular complexity index is 827. The summed E-state index contributed by atoms with van der Waals surface area (Å²) < 4.78 is 14.9. The molecule has 0 N–H and O–H groups in total. The van der Waals surface area contributed by atoms with Crippen LogP contribution in [0.2, 0.25) is 0 Å². The summed E-state index contributed by atoms with van der Waals surface area (Å²) in [6.45, 7) is 2.02. The molecule has 4 nitrogen and oxygen atoms in total. The van der Waals surface area contributed by atoms with Crippen LogP contribution in [0.25, 0.3) is 0 Å². The van der Waals surface area contributed by atoms with Crippen molar-refractivity contribution in [3.05, 3.63) is 84.2 Å². The highest BCUT2D eigenvalue weighted by atomic mass is 19.1. The van der Waals surface area contributed by atoms with Crippen LogP contribution in [0.4, 0.5) is 10.1 Å². The zero-order valence-electron chi connectivity index (χ0n) is 13.6. The van der Waals surface area contributed by atoms with E-state index in [4.69, 9.17) is 0 Å². The molecule has 0 fully saturated rings. The fourth-order valence-electron chi connectivity index (χ4n) is 2.62. The zero-order valence-corrected chi connectivity index (χ0v) is 13.6. The molecule has 1 heterocycles. The summed E-state index contributed by atoms with van der Waals surface area (Å²) in [5.41, 5.74) is 2.20. The standard InChI is InChI=1S/C19H18FN3O/c1-14(15-6-4-3-5-7-15)23-13-21-12-18(23)19(24)22(2)17-10-8-16(20)9-11-17/h3-14H,1-2H3/t14-/m1/s1. The van der Waals surface area contributed by atoms with Gasteiger partial charge < -0.3 is 9.47 Å². The minimum Gasteiger partial charge on any atom is -0.319 e. The van der Waals surface area contributed by atoms with E-state index in [1.807, 2.05) is 41.8 Å². The lowest BCUT2D eigenvalue weighted by molar-refractivity contribution is 0.0983. The van der Waals surface area contributed by atoms with Crippen LogP contribution in [0, 0.1) is 5.82 Å². The normalized spacial score (nSPS) is 12.0. The molecule has 0 spiro atoms. The van der Waals surface area contributed by atoms with Crippen LogP contribution >= 0.6 is 0 Å². The van der Waals surface area contributed by atoms with Gasteiger partial charge >= 0.3 is 0 Å². The van der Waals surface area contributed by atoms with Crippen molar-refractivity contribution < 1.29 is 9.18 Å². The van der Waals surface area contributed by atoms with E-state index in [1.54, 1.807) is 31.7 Å². The zero-order chi connectivity index (χ0) is 17.1. The molecule has 0 aliphatic carbocycles. The first-order valence-electron chi connectivity index (χ1n) is 7.68. The first-order chi connectivity index (χ1) is 11.6. The molecule has 0 saturated heterocycles. The number of anilines is 1. The van der Waals surface area contributed by atoms with Crippen molar-refractivity contribution in [3.8, 4) is 0 Å². The Balaban J connectivity index is 1.89. The van der Waals surface area contributed by atoms with Gasteiger partial charge in [-0.25, -0.2) is 9.37 Å². The molecule has 0 aliphatic rings. The van der Waals surface area contributed by atoms with Crippen molar-refractivity contribution >= 4 is 11.6 Å². The number of carbonyl (C=O) groups excluding carboxylic acids is 1. The number of rotatable bonds is 4. The van der Waals surface area contributed by atoms with Gasteiger partial charge in [-0.3, -0.25) is 4.79 Å². The Morgan fingerprint density at radius 2 is 1.79 bits per heavy atom. The van der Waals surface area contributed by atoms with E-state index in [0.717, 1.165) is 5.56 Å². The third-order valence-corrected chi connectivity index (χ3v) is 4.10. The highest BCUT2D eigenvalue weighted by Crippen LogP contribution is 2.22. The second kappa shape index (κ2) is 6.66. The molecular weight excluding hydrogens is 305 g/mol. The Labute approximate surface area is 140 Å². The van der Waals surface area contributed by atoms with Crippen molar-refractivity contribution in [2.24, 2.45) is 0 Å². The average Bonchev–Trinajstić information content (AvgIpc) is 3.11. The van der Waals surface area contributed by atoms with E-state index in [2.05, 4.69) is 4.98 Å². The molecule has 0 bridgehead atoms. The molecule has 3 aromatic rings. The number of imidazole rings is 1. The van der Waals surface area contributed by atoms with Crippen LogP contribution in [0.3, 0.4) is 0 Å². The summed E-state index contributed by atoms with van der Waals surface area (Å²) in [6.07, 6.45) is 3.21. The first kappa shape index (κ1) is 15.9. The summed E-state index contributed by atoms with van der Waals surface area (Å²) in [4.78, 5) is 18.4. The van der Waals surface area contributed by atoms with Gasteiger partial charge in [-0.1, -0.05) is 30.3 Å². The third-order valence-electron chi connectivity index (χ3n) is 4.10. The Morgan fingerprint density at radius 3 is 2.46 bits per heavy atom. The minimum atomic E-state index is -0.331. The van der Waals surface area contributed by atoms with Gasteiger partial charge in [0.15, 0.2) is 0 Å². The van der Waals surface area contributed by atoms with Crippen LogP contribution in [-0.2, 0) is 0 Å². The van der Waals surface area contributed by atoms with Gasteiger partial charge in [0.2, 0.25) is 0 Å². The highest BCUT2D eigenvalue weighted by molar-refractivity contribution is 6.04. The van der Waals surface area contributed by atoms with Gasteiger partial charge in [0.1, 0.15) is 11.5 Å². The fourth-order valence-corrected chi connectivity index (χ4v) is 2.62. The maximum atomic E-state index is 13.1. The lowest BCUT2D eigenvalue weighted by atomic mass is 10.1. The number of amides is 1. The van der Waals surface area contributed by atoms with E-state index in [1.165, 1.54) is 17.0 Å². The maximum absolute atomic E-state index is 13.1. The molecule has 0 saturated carbocycles. The largest absolute Gasteiger partial charge is 0.319 e. The van der Waals surface area contributed by atoms with E-state index in [0.29, 0.717) is 11.4 Å². The van der Waals surface area contributed by atoms with Crippen molar-refractivity contribution in [2.45, 2.75) is 13.0 Å². The molecule has 122 valence electrons. The molecule has 2 aromatic carbocycles. The first-order valence-corrected chi connectivity index (χ1v) is 7.68. The van der Waals surface area contributed by atoms with Gasteiger partial charge in [-0.15, -0.1) is 0 Å². The minimum absolute atomic E-state index is 0.0192. The molecule has 5 heteroatoms. The molecule has 0 unspecified atom stereocenters. The van der Waals surface area contributed by atoms with Crippen molar-refractivity contribution in [1.29, 1.82) is 0 Å². The molecule has 0 radical (unpaired) electrons. The topological polar surface area (TPSA) is 38.1 Å². The average molecular weight is 323 g/mol. The summed E-state index contributed by atoms with van der Waals surface area (Å²) >= 11 is 0. The van der Waals surface area contributed by atoms with Gasteiger partial charge in [0, 0.05) is 12.7 Å². The highest BCUT2D eigenvalue weighted by Gasteiger charge is 2.21. The summed E-state index contributed by atoms with van der Waals surface area (Å²) in [5, 5.41) is 0. The Morgan fingerprint density at radius 1 is 1.12 bits per heavy atom. The quantitative estimate of drug-likeness (QED) is 0.730. The van der Waals surface area contributed by atoms with Gasteiger partial charge in [-0.2, -0.15) is 0 Å². The molecular formula is C19H18FN3O. The van der Waals surface area contributed by atoms with Gasteiger partial charge in [0.05, 0.1) is 18.6 Å².